The molecule has 0 spiro atoms. The van der Waals surface area contributed by atoms with Crippen molar-refractivity contribution in [2.45, 2.75) is 39.5 Å². The molecule has 1 heterocycles. The molecule has 1 aromatic carbocycles. The summed E-state index contributed by atoms with van der Waals surface area (Å²) in [7, 11) is 0. The Labute approximate surface area is 121 Å². The number of nitrogens with one attached hydrogen (secondary N) is 1. The number of anilines is 1. The number of rotatable bonds is 8. The van der Waals surface area contributed by atoms with E-state index in [-0.39, 0.29) is 0 Å². The summed E-state index contributed by atoms with van der Waals surface area (Å²) in [5.74, 6) is 0. The van der Waals surface area contributed by atoms with E-state index in [2.05, 4.69) is 47.0 Å². The fourth-order valence-electron chi connectivity index (χ4n) is 2.41. The first-order valence-electron chi connectivity index (χ1n) is 7.67. The second-order valence-corrected chi connectivity index (χ2v) is 5.39. The molecule has 0 bridgehead atoms. The van der Waals surface area contributed by atoms with Gasteiger partial charge in [0, 0.05) is 0 Å². The Morgan fingerprint density at radius 1 is 1.20 bits per heavy atom. The van der Waals surface area contributed by atoms with Crippen molar-refractivity contribution in [1.29, 1.82) is 0 Å². The Morgan fingerprint density at radius 2 is 1.90 bits per heavy atom. The maximum atomic E-state index is 4.38. The number of nitrogens with zero attached hydrogens (tertiary/aromatic N) is 3. The molecular weight excluding hydrogens is 248 g/mol. The van der Waals surface area contributed by atoms with Crippen LogP contribution in [0.3, 0.4) is 0 Å². The quantitative estimate of drug-likeness (QED) is 0.784. The maximum absolute atomic E-state index is 4.38. The zero-order valence-corrected chi connectivity index (χ0v) is 12.7. The minimum absolute atomic E-state index is 0.875. The van der Waals surface area contributed by atoms with Crippen molar-refractivity contribution in [2.24, 2.45) is 5.10 Å². The van der Waals surface area contributed by atoms with Crippen molar-refractivity contribution in [1.82, 2.24) is 10.4 Å². The maximum Gasteiger partial charge on any atom is 0.117 e. The van der Waals surface area contributed by atoms with Gasteiger partial charge in [-0.2, -0.15) is 5.10 Å². The molecule has 1 N–H and O–H groups in total. The van der Waals surface area contributed by atoms with E-state index < -0.39 is 0 Å². The van der Waals surface area contributed by atoms with E-state index in [1.807, 2.05) is 12.1 Å². The van der Waals surface area contributed by atoms with Crippen LogP contribution in [-0.4, -0.2) is 24.7 Å². The summed E-state index contributed by atoms with van der Waals surface area (Å²) in [5.41, 5.74) is 4.26. The first-order chi connectivity index (χ1) is 9.76. The third-order valence-electron chi connectivity index (χ3n) is 3.67. The van der Waals surface area contributed by atoms with E-state index in [1.165, 1.54) is 25.7 Å². The van der Waals surface area contributed by atoms with E-state index in [0.29, 0.717) is 0 Å². The molecule has 0 saturated carbocycles. The summed E-state index contributed by atoms with van der Waals surface area (Å²) < 4.78 is 0. The van der Waals surface area contributed by atoms with E-state index in [9.17, 15) is 0 Å². The van der Waals surface area contributed by atoms with Gasteiger partial charge < -0.3 is 0 Å². The number of fused-ring (bicyclic) bond motifs is 1. The molecule has 1 aliphatic heterocycles. The molecule has 110 valence electrons. The van der Waals surface area contributed by atoms with Crippen molar-refractivity contribution >= 4 is 12.3 Å². The molecule has 0 aromatic heterocycles. The van der Waals surface area contributed by atoms with Crippen molar-refractivity contribution in [3.8, 4) is 0 Å². The third-order valence-corrected chi connectivity index (χ3v) is 3.67. The van der Waals surface area contributed by atoms with Gasteiger partial charge in [0.25, 0.3) is 0 Å². The lowest BCUT2D eigenvalue weighted by molar-refractivity contribution is 0.257. The average molecular weight is 274 g/mol. The van der Waals surface area contributed by atoms with Crippen LogP contribution in [0.1, 0.15) is 39.5 Å². The van der Waals surface area contributed by atoms with Crippen molar-refractivity contribution in [3.63, 3.8) is 0 Å². The van der Waals surface area contributed by atoms with Crippen molar-refractivity contribution in [3.05, 3.63) is 28.8 Å². The molecule has 20 heavy (non-hydrogen) atoms. The highest BCUT2D eigenvalue weighted by Gasteiger charge is 2.17. The Balaban J connectivity index is 2.03. The monoisotopic (exact) mass is 274 g/mol. The largest absolute Gasteiger partial charge is 0.284 e. The Kier molecular flexibility index (Phi) is 5.41. The van der Waals surface area contributed by atoms with E-state index in [4.69, 9.17) is 0 Å². The van der Waals surface area contributed by atoms with Gasteiger partial charge in [0.1, 0.15) is 5.36 Å². The number of hydrazine groups is 1. The number of hydrogen-bond donors (Lipinski definition) is 1. The molecule has 4 nitrogen and oxygen atoms in total. The van der Waals surface area contributed by atoms with Gasteiger partial charge in [0.05, 0.1) is 12.4 Å². The molecule has 0 unspecified atom stereocenters. The molecule has 0 radical (unpaired) electrons. The van der Waals surface area contributed by atoms with Gasteiger partial charge >= 0.3 is 0 Å². The van der Waals surface area contributed by atoms with Crippen LogP contribution < -0.4 is 21.1 Å². The van der Waals surface area contributed by atoms with Gasteiger partial charge in [-0.3, -0.25) is 9.91 Å². The Morgan fingerprint density at radius 3 is 2.55 bits per heavy atom. The molecule has 1 aromatic rings. The lowest BCUT2D eigenvalue weighted by Crippen LogP contribution is -2.43. The number of hydrogen-bond acceptors (Lipinski definition) is 4. The highest BCUT2D eigenvalue weighted by molar-refractivity contribution is 5.47. The van der Waals surface area contributed by atoms with E-state index >= 15 is 0 Å². The first-order valence-corrected chi connectivity index (χ1v) is 7.67. The standard InChI is InChI=1S/C16H26N4/c1-4-6-11-19(12-7-5-2)13-20-15-10-8-9-14(3)16(15)17-18-20/h8-10,18H,3-7,11-13H2,1-2H3. The van der Waals surface area contributed by atoms with Crippen LogP contribution in [0.5, 0.6) is 0 Å². The topological polar surface area (TPSA) is 30.9 Å². The van der Waals surface area contributed by atoms with Gasteiger partial charge in [-0.05, 0) is 37.2 Å². The van der Waals surface area contributed by atoms with Gasteiger partial charge in [-0.25, -0.2) is 5.53 Å². The van der Waals surface area contributed by atoms with Crippen molar-refractivity contribution in [2.75, 3.05) is 24.8 Å². The SMILES string of the molecule is C=c1cccc2c1=NNN2CN(CCCC)CCCC. The van der Waals surface area contributed by atoms with Crippen LogP contribution in [-0.2, 0) is 0 Å². The molecular formula is C16H26N4. The van der Waals surface area contributed by atoms with E-state index in [1.54, 1.807) is 0 Å². The minimum atomic E-state index is 0.875. The van der Waals surface area contributed by atoms with Crippen LogP contribution in [0.15, 0.2) is 23.3 Å². The highest BCUT2D eigenvalue weighted by atomic mass is 15.7. The molecule has 0 atom stereocenters. The molecule has 0 saturated heterocycles. The summed E-state index contributed by atoms with van der Waals surface area (Å²) >= 11 is 0. The fourth-order valence-corrected chi connectivity index (χ4v) is 2.41. The summed E-state index contributed by atoms with van der Waals surface area (Å²) in [5, 5.41) is 8.45. The summed E-state index contributed by atoms with van der Waals surface area (Å²) in [6, 6.07) is 6.14. The van der Waals surface area contributed by atoms with Crippen LogP contribution in [0.2, 0.25) is 0 Å². The fraction of sp³-hybridized carbons (Fsp3) is 0.562. The molecule has 0 aliphatic carbocycles. The van der Waals surface area contributed by atoms with Crippen molar-refractivity contribution < 1.29 is 0 Å². The summed E-state index contributed by atoms with van der Waals surface area (Å²) in [4.78, 5) is 2.50. The smallest absolute Gasteiger partial charge is 0.117 e. The number of para-hydroxylation sites is 1. The van der Waals surface area contributed by atoms with Crippen LogP contribution in [0, 0.1) is 0 Å². The minimum Gasteiger partial charge on any atom is -0.284 e. The summed E-state index contributed by atoms with van der Waals surface area (Å²) in [6.07, 6.45) is 4.97. The normalized spacial score (nSPS) is 13.2. The number of unbranched alkanes of at least 4 members (excludes halogenated alkanes) is 2. The van der Waals surface area contributed by atoms with Gasteiger partial charge in [-0.1, -0.05) is 45.4 Å². The predicted octanol–water partition coefficient (Wildman–Crippen LogP) is 1.82. The second kappa shape index (κ2) is 7.29. The third kappa shape index (κ3) is 3.51. The van der Waals surface area contributed by atoms with Gasteiger partial charge in [0.15, 0.2) is 0 Å². The molecule has 4 heteroatoms. The van der Waals surface area contributed by atoms with E-state index in [0.717, 1.165) is 36.0 Å². The van der Waals surface area contributed by atoms with Crippen LogP contribution in [0.25, 0.3) is 6.58 Å². The Hall–Kier alpha value is -1.55. The van der Waals surface area contributed by atoms with Gasteiger partial charge in [0.2, 0.25) is 0 Å². The predicted molar refractivity (Wildman–Crippen MR) is 84.6 cm³/mol. The van der Waals surface area contributed by atoms with Gasteiger partial charge in [-0.15, -0.1) is 0 Å². The molecule has 0 fully saturated rings. The zero-order valence-electron chi connectivity index (χ0n) is 12.7. The van der Waals surface area contributed by atoms with Crippen LogP contribution in [0.4, 0.5) is 5.69 Å². The Bertz CT molecular complexity index is 518. The first kappa shape index (κ1) is 14.9. The zero-order chi connectivity index (χ0) is 14.4. The summed E-state index contributed by atoms with van der Waals surface area (Å²) in [6.45, 7) is 11.7. The average Bonchev–Trinajstić information content (AvgIpc) is 2.86. The second-order valence-electron chi connectivity index (χ2n) is 5.39. The van der Waals surface area contributed by atoms with Crippen LogP contribution >= 0.6 is 0 Å². The molecule has 2 rings (SSSR count). The highest BCUT2D eigenvalue weighted by Crippen LogP contribution is 2.09. The lowest BCUT2D eigenvalue weighted by atomic mass is 10.2. The molecule has 1 aliphatic rings. The number of benzene rings is 1. The molecule has 0 amide bonds. The lowest BCUT2D eigenvalue weighted by Gasteiger charge is -2.28.